The Kier molecular flexibility index (Phi) is 4.00. The number of nitrogens with one attached hydrogen (secondary N) is 1. The molecule has 0 bridgehead atoms. The van der Waals surface area contributed by atoms with E-state index in [1.807, 2.05) is 0 Å². The molecule has 21 heavy (non-hydrogen) atoms. The Hall–Kier alpha value is -1.39. The second-order valence-electron chi connectivity index (χ2n) is 6.91. The Balaban J connectivity index is 1.71. The number of fused-ring (bicyclic) bond motifs is 1. The van der Waals surface area contributed by atoms with Crippen molar-refractivity contribution < 1.29 is 4.42 Å². The van der Waals surface area contributed by atoms with Crippen LogP contribution in [0.5, 0.6) is 0 Å². The van der Waals surface area contributed by atoms with Gasteiger partial charge in [0.15, 0.2) is 5.58 Å². The zero-order chi connectivity index (χ0) is 14.9. The van der Waals surface area contributed by atoms with Crippen molar-refractivity contribution in [1.82, 2.24) is 15.2 Å². The molecule has 114 valence electrons. The van der Waals surface area contributed by atoms with E-state index in [9.17, 15) is 0 Å². The molecule has 3 rings (SSSR count). The van der Waals surface area contributed by atoms with Gasteiger partial charge in [-0.25, -0.2) is 4.98 Å². The first-order chi connectivity index (χ1) is 10.0. The SMILES string of the molecule is CC(C)(C)c1nc2cc(CCN3CCNCC3)ccc2o1. The summed E-state index contributed by atoms with van der Waals surface area (Å²) in [6.07, 6.45) is 1.08. The van der Waals surface area contributed by atoms with E-state index in [1.165, 1.54) is 5.56 Å². The summed E-state index contributed by atoms with van der Waals surface area (Å²) in [6, 6.07) is 6.41. The molecular formula is C17H25N3O. The zero-order valence-corrected chi connectivity index (χ0v) is 13.3. The summed E-state index contributed by atoms with van der Waals surface area (Å²) in [5.74, 6) is 0.816. The molecule has 0 amide bonds. The van der Waals surface area contributed by atoms with Gasteiger partial charge >= 0.3 is 0 Å². The fraction of sp³-hybridized carbons (Fsp3) is 0.588. The van der Waals surface area contributed by atoms with Crippen LogP contribution in [0.3, 0.4) is 0 Å². The summed E-state index contributed by atoms with van der Waals surface area (Å²) in [5.41, 5.74) is 3.18. The van der Waals surface area contributed by atoms with Gasteiger partial charge in [-0.15, -0.1) is 0 Å². The number of oxazole rings is 1. The molecule has 0 atom stereocenters. The van der Waals surface area contributed by atoms with Gasteiger partial charge in [0, 0.05) is 38.1 Å². The van der Waals surface area contributed by atoms with Gasteiger partial charge in [-0.05, 0) is 24.1 Å². The number of piperazine rings is 1. The van der Waals surface area contributed by atoms with Crippen molar-refractivity contribution in [3.05, 3.63) is 29.7 Å². The van der Waals surface area contributed by atoms with Crippen LogP contribution in [0, 0.1) is 0 Å². The standard InChI is InChI=1S/C17H25N3O/c1-17(2,3)16-19-14-12-13(4-5-15(14)21-16)6-9-20-10-7-18-8-11-20/h4-5,12,18H,6-11H2,1-3H3. The molecule has 1 aliphatic heterocycles. The Bertz CT molecular complexity index is 606. The van der Waals surface area contributed by atoms with Crippen molar-refractivity contribution in [2.45, 2.75) is 32.6 Å². The van der Waals surface area contributed by atoms with Crippen LogP contribution in [-0.4, -0.2) is 42.6 Å². The van der Waals surface area contributed by atoms with Gasteiger partial charge in [-0.3, -0.25) is 0 Å². The summed E-state index contributed by atoms with van der Waals surface area (Å²) < 4.78 is 5.85. The van der Waals surface area contributed by atoms with Gasteiger partial charge in [0.25, 0.3) is 0 Å². The average Bonchev–Trinajstić information content (AvgIpc) is 2.89. The van der Waals surface area contributed by atoms with Crippen molar-refractivity contribution in [3.8, 4) is 0 Å². The highest BCUT2D eigenvalue weighted by Crippen LogP contribution is 2.26. The van der Waals surface area contributed by atoms with Crippen LogP contribution in [0.15, 0.2) is 22.6 Å². The minimum Gasteiger partial charge on any atom is -0.440 e. The van der Waals surface area contributed by atoms with E-state index in [0.29, 0.717) is 0 Å². The van der Waals surface area contributed by atoms with Crippen LogP contribution >= 0.6 is 0 Å². The Labute approximate surface area is 126 Å². The monoisotopic (exact) mass is 287 g/mol. The number of hydrogen-bond donors (Lipinski definition) is 1. The summed E-state index contributed by atoms with van der Waals surface area (Å²) in [7, 11) is 0. The van der Waals surface area contributed by atoms with Crippen molar-refractivity contribution in [2.24, 2.45) is 0 Å². The lowest BCUT2D eigenvalue weighted by Crippen LogP contribution is -2.44. The van der Waals surface area contributed by atoms with Gasteiger partial charge in [-0.2, -0.15) is 0 Å². The lowest BCUT2D eigenvalue weighted by molar-refractivity contribution is 0.244. The zero-order valence-electron chi connectivity index (χ0n) is 13.3. The highest BCUT2D eigenvalue weighted by Gasteiger charge is 2.21. The lowest BCUT2D eigenvalue weighted by atomic mass is 9.97. The molecule has 1 aromatic heterocycles. The van der Waals surface area contributed by atoms with Crippen LogP contribution in [0.1, 0.15) is 32.2 Å². The predicted octanol–water partition coefficient (Wildman–Crippen LogP) is 2.57. The van der Waals surface area contributed by atoms with Crippen LogP contribution in [-0.2, 0) is 11.8 Å². The fourth-order valence-electron chi connectivity index (χ4n) is 2.67. The molecule has 0 unspecified atom stereocenters. The van der Waals surface area contributed by atoms with Crippen molar-refractivity contribution >= 4 is 11.1 Å². The van der Waals surface area contributed by atoms with Gasteiger partial charge in [-0.1, -0.05) is 26.8 Å². The summed E-state index contributed by atoms with van der Waals surface area (Å²) in [5, 5.41) is 3.39. The van der Waals surface area contributed by atoms with Gasteiger partial charge < -0.3 is 14.6 Å². The molecule has 0 saturated carbocycles. The van der Waals surface area contributed by atoms with E-state index in [2.05, 4.69) is 54.2 Å². The lowest BCUT2D eigenvalue weighted by Gasteiger charge is -2.27. The minimum atomic E-state index is -0.0417. The number of benzene rings is 1. The second kappa shape index (κ2) is 5.78. The molecule has 1 N–H and O–H groups in total. The van der Waals surface area contributed by atoms with E-state index in [1.54, 1.807) is 0 Å². The molecule has 0 spiro atoms. The molecule has 2 heterocycles. The summed E-state index contributed by atoms with van der Waals surface area (Å²) in [4.78, 5) is 7.17. The maximum atomic E-state index is 5.85. The van der Waals surface area contributed by atoms with E-state index in [0.717, 1.165) is 56.1 Å². The predicted molar refractivity (Wildman–Crippen MR) is 85.7 cm³/mol. The molecular weight excluding hydrogens is 262 g/mol. The van der Waals surface area contributed by atoms with Gasteiger partial charge in [0.2, 0.25) is 5.89 Å². The minimum absolute atomic E-state index is 0.0417. The van der Waals surface area contributed by atoms with E-state index < -0.39 is 0 Å². The first-order valence-electron chi connectivity index (χ1n) is 7.85. The molecule has 2 aromatic rings. The molecule has 4 nitrogen and oxygen atoms in total. The fourth-order valence-corrected chi connectivity index (χ4v) is 2.67. The van der Waals surface area contributed by atoms with Crippen LogP contribution in [0.4, 0.5) is 0 Å². The molecule has 1 saturated heterocycles. The molecule has 0 radical (unpaired) electrons. The number of hydrogen-bond acceptors (Lipinski definition) is 4. The van der Waals surface area contributed by atoms with E-state index >= 15 is 0 Å². The second-order valence-corrected chi connectivity index (χ2v) is 6.91. The van der Waals surface area contributed by atoms with Crippen molar-refractivity contribution in [1.29, 1.82) is 0 Å². The number of aromatic nitrogens is 1. The summed E-state index contributed by atoms with van der Waals surface area (Å²) >= 11 is 0. The normalized spacial score (nSPS) is 17.5. The molecule has 1 aromatic carbocycles. The quantitative estimate of drug-likeness (QED) is 0.942. The Morgan fingerprint density at radius 3 is 2.71 bits per heavy atom. The van der Waals surface area contributed by atoms with E-state index in [-0.39, 0.29) is 5.41 Å². The highest BCUT2D eigenvalue weighted by molar-refractivity contribution is 5.73. The smallest absolute Gasteiger partial charge is 0.200 e. The third kappa shape index (κ3) is 3.44. The molecule has 1 aliphatic rings. The average molecular weight is 287 g/mol. The molecule has 0 aliphatic carbocycles. The van der Waals surface area contributed by atoms with Crippen LogP contribution in [0.25, 0.3) is 11.1 Å². The topological polar surface area (TPSA) is 41.3 Å². The van der Waals surface area contributed by atoms with E-state index in [4.69, 9.17) is 4.42 Å². The Morgan fingerprint density at radius 2 is 2.00 bits per heavy atom. The van der Waals surface area contributed by atoms with Crippen molar-refractivity contribution in [3.63, 3.8) is 0 Å². The first kappa shape index (κ1) is 14.5. The van der Waals surface area contributed by atoms with Crippen molar-refractivity contribution in [2.75, 3.05) is 32.7 Å². The maximum absolute atomic E-state index is 5.85. The molecule has 4 heteroatoms. The van der Waals surface area contributed by atoms with Crippen LogP contribution in [0.2, 0.25) is 0 Å². The number of nitrogens with zero attached hydrogens (tertiary/aromatic N) is 2. The third-order valence-corrected chi connectivity index (χ3v) is 4.02. The number of rotatable bonds is 3. The van der Waals surface area contributed by atoms with Gasteiger partial charge in [0.1, 0.15) is 5.52 Å². The summed E-state index contributed by atoms with van der Waals surface area (Å²) in [6.45, 7) is 12.0. The van der Waals surface area contributed by atoms with Crippen LogP contribution < -0.4 is 5.32 Å². The maximum Gasteiger partial charge on any atom is 0.200 e. The Morgan fingerprint density at radius 1 is 1.24 bits per heavy atom. The van der Waals surface area contributed by atoms with Gasteiger partial charge in [0.05, 0.1) is 0 Å². The highest BCUT2D eigenvalue weighted by atomic mass is 16.3. The largest absolute Gasteiger partial charge is 0.440 e. The molecule has 1 fully saturated rings. The first-order valence-corrected chi connectivity index (χ1v) is 7.85. The third-order valence-electron chi connectivity index (χ3n) is 4.02.